The fourth-order valence-electron chi connectivity index (χ4n) is 5.36. The number of carbonyl (C=O) groups excluding carboxylic acids is 2. The standard InChI is InChI=1S/C30H36N2O6/c1-3-4-14-37-24-7-5-6-21(19-24)27-26(28(33)22-8-9-25-23(18-22)17-20(2)38-25)29(34)30(35)32(27)11-10-31-12-15-36-16-13-31/h5-9,18-20,27,33H,3-4,10-17H2,1-2H3/b28-26+/t20-,27-/m1/s1. The highest BCUT2D eigenvalue weighted by Gasteiger charge is 2.46. The molecule has 8 heteroatoms. The Morgan fingerprint density at radius 1 is 1.11 bits per heavy atom. The lowest BCUT2D eigenvalue weighted by Gasteiger charge is -2.31. The van der Waals surface area contributed by atoms with Crippen LogP contribution in [0.2, 0.25) is 0 Å². The molecule has 3 aliphatic heterocycles. The first-order chi connectivity index (χ1) is 18.5. The highest BCUT2D eigenvalue weighted by Crippen LogP contribution is 2.41. The molecule has 2 saturated heterocycles. The molecule has 2 fully saturated rings. The fourth-order valence-corrected chi connectivity index (χ4v) is 5.36. The van der Waals surface area contributed by atoms with Crippen molar-refractivity contribution in [3.8, 4) is 11.5 Å². The van der Waals surface area contributed by atoms with E-state index in [0.29, 0.717) is 44.2 Å². The van der Waals surface area contributed by atoms with E-state index in [0.717, 1.165) is 49.2 Å². The number of ketones is 1. The largest absolute Gasteiger partial charge is 0.507 e. The summed E-state index contributed by atoms with van der Waals surface area (Å²) in [5.74, 6) is 0.0332. The van der Waals surface area contributed by atoms with Crippen LogP contribution in [0.3, 0.4) is 0 Å². The minimum atomic E-state index is -0.714. The van der Waals surface area contributed by atoms with Crippen LogP contribution >= 0.6 is 0 Å². The van der Waals surface area contributed by atoms with Crippen molar-refractivity contribution in [3.05, 3.63) is 64.7 Å². The van der Waals surface area contributed by atoms with Gasteiger partial charge in [0.1, 0.15) is 23.4 Å². The van der Waals surface area contributed by atoms with E-state index in [-0.39, 0.29) is 17.4 Å². The van der Waals surface area contributed by atoms with Gasteiger partial charge in [-0.2, -0.15) is 0 Å². The van der Waals surface area contributed by atoms with Crippen LogP contribution in [0.25, 0.3) is 5.76 Å². The highest BCUT2D eigenvalue weighted by molar-refractivity contribution is 6.46. The Balaban J connectivity index is 1.51. The summed E-state index contributed by atoms with van der Waals surface area (Å²) < 4.78 is 17.2. The topological polar surface area (TPSA) is 88.5 Å². The second-order valence-electron chi connectivity index (χ2n) is 10.2. The number of amides is 1. The van der Waals surface area contributed by atoms with E-state index in [1.165, 1.54) is 0 Å². The van der Waals surface area contributed by atoms with Crippen molar-refractivity contribution in [3.63, 3.8) is 0 Å². The number of rotatable bonds is 9. The lowest BCUT2D eigenvalue weighted by Crippen LogP contribution is -2.42. The van der Waals surface area contributed by atoms with Gasteiger partial charge in [0.15, 0.2) is 0 Å². The van der Waals surface area contributed by atoms with Gasteiger partial charge >= 0.3 is 0 Å². The molecular weight excluding hydrogens is 484 g/mol. The minimum Gasteiger partial charge on any atom is -0.507 e. The zero-order chi connectivity index (χ0) is 26.6. The van der Waals surface area contributed by atoms with Gasteiger partial charge < -0.3 is 24.2 Å². The molecule has 0 bridgehead atoms. The molecule has 0 spiro atoms. The minimum absolute atomic E-state index is 0.0589. The first kappa shape index (κ1) is 26.3. The van der Waals surface area contributed by atoms with Gasteiger partial charge in [0.05, 0.1) is 31.4 Å². The first-order valence-electron chi connectivity index (χ1n) is 13.6. The molecule has 5 rings (SSSR count). The molecule has 1 amide bonds. The summed E-state index contributed by atoms with van der Waals surface area (Å²) in [6.07, 6.45) is 2.74. The molecule has 0 aromatic heterocycles. The lowest BCUT2D eigenvalue weighted by atomic mass is 9.94. The summed E-state index contributed by atoms with van der Waals surface area (Å²) in [7, 11) is 0. The number of carbonyl (C=O) groups is 2. The molecule has 3 heterocycles. The Labute approximate surface area is 223 Å². The number of benzene rings is 2. The number of Topliss-reactive ketones (excluding diaryl/α,β-unsaturated/α-hetero) is 1. The molecular formula is C30H36N2O6. The molecule has 0 unspecified atom stereocenters. The lowest BCUT2D eigenvalue weighted by molar-refractivity contribution is -0.140. The fraction of sp³-hybridized carbons (Fsp3) is 0.467. The zero-order valence-corrected chi connectivity index (χ0v) is 22.2. The Morgan fingerprint density at radius 2 is 1.92 bits per heavy atom. The number of fused-ring (bicyclic) bond motifs is 1. The van der Waals surface area contributed by atoms with E-state index in [1.807, 2.05) is 43.3 Å². The maximum Gasteiger partial charge on any atom is 0.295 e. The molecule has 2 aromatic carbocycles. The van der Waals surface area contributed by atoms with Crippen LogP contribution < -0.4 is 9.47 Å². The van der Waals surface area contributed by atoms with E-state index in [4.69, 9.17) is 14.2 Å². The average Bonchev–Trinajstić information content (AvgIpc) is 3.43. The van der Waals surface area contributed by atoms with Crippen LogP contribution in [0.4, 0.5) is 0 Å². The maximum atomic E-state index is 13.4. The van der Waals surface area contributed by atoms with Crippen molar-refractivity contribution in [1.29, 1.82) is 0 Å². The Bertz CT molecular complexity index is 1220. The molecule has 1 N–H and O–H groups in total. The van der Waals surface area contributed by atoms with Crippen LogP contribution in [0.5, 0.6) is 11.5 Å². The molecule has 0 aliphatic carbocycles. The first-order valence-corrected chi connectivity index (χ1v) is 13.6. The summed E-state index contributed by atoms with van der Waals surface area (Å²) in [4.78, 5) is 30.6. The third-order valence-corrected chi connectivity index (χ3v) is 7.41. The second-order valence-corrected chi connectivity index (χ2v) is 10.2. The number of hydrogen-bond acceptors (Lipinski definition) is 7. The van der Waals surface area contributed by atoms with Crippen molar-refractivity contribution >= 4 is 17.4 Å². The summed E-state index contributed by atoms with van der Waals surface area (Å²) >= 11 is 0. The van der Waals surface area contributed by atoms with Gasteiger partial charge in [0.2, 0.25) is 0 Å². The third-order valence-electron chi connectivity index (χ3n) is 7.41. The summed E-state index contributed by atoms with van der Waals surface area (Å²) in [5, 5.41) is 11.5. The van der Waals surface area contributed by atoms with Gasteiger partial charge in [-0.1, -0.05) is 25.5 Å². The summed E-state index contributed by atoms with van der Waals surface area (Å²) in [6, 6.07) is 12.2. The Kier molecular flexibility index (Phi) is 8.00. The Morgan fingerprint density at radius 3 is 2.71 bits per heavy atom. The van der Waals surface area contributed by atoms with Crippen LogP contribution in [0, 0.1) is 0 Å². The number of aliphatic hydroxyl groups is 1. The second kappa shape index (κ2) is 11.6. The maximum absolute atomic E-state index is 13.4. The molecule has 0 saturated carbocycles. The summed E-state index contributed by atoms with van der Waals surface area (Å²) in [6.45, 7) is 8.54. The zero-order valence-electron chi connectivity index (χ0n) is 22.2. The van der Waals surface area contributed by atoms with Crippen LogP contribution in [0.1, 0.15) is 49.4 Å². The van der Waals surface area contributed by atoms with E-state index in [2.05, 4.69) is 11.8 Å². The average molecular weight is 521 g/mol. The van der Waals surface area contributed by atoms with Gasteiger partial charge in [-0.25, -0.2) is 0 Å². The number of hydrogen-bond donors (Lipinski definition) is 1. The number of unbranched alkanes of at least 4 members (excludes halogenated alkanes) is 1. The van der Waals surface area contributed by atoms with Gasteiger partial charge in [-0.3, -0.25) is 14.5 Å². The highest BCUT2D eigenvalue weighted by atomic mass is 16.5. The molecule has 38 heavy (non-hydrogen) atoms. The van der Waals surface area contributed by atoms with Crippen molar-refractivity contribution in [2.24, 2.45) is 0 Å². The third kappa shape index (κ3) is 5.42. The SMILES string of the molecule is CCCCOc1cccc([C@@H]2/C(=C(\O)c3ccc4c(c3)C[C@@H](C)O4)C(=O)C(=O)N2CCN2CCOCC2)c1. The van der Waals surface area contributed by atoms with Crippen LogP contribution in [-0.4, -0.2) is 78.7 Å². The van der Waals surface area contributed by atoms with Crippen LogP contribution in [-0.2, 0) is 20.7 Å². The van der Waals surface area contributed by atoms with Gasteiger partial charge in [0.25, 0.3) is 11.7 Å². The quantitative estimate of drug-likeness (QED) is 0.232. The van der Waals surface area contributed by atoms with Gasteiger partial charge in [-0.05, 0) is 54.8 Å². The van der Waals surface area contributed by atoms with Crippen LogP contribution in [0.15, 0.2) is 48.0 Å². The number of aliphatic hydroxyl groups excluding tert-OH is 1. The molecule has 202 valence electrons. The van der Waals surface area contributed by atoms with Crippen molar-refractivity contribution in [2.45, 2.75) is 45.3 Å². The van der Waals surface area contributed by atoms with E-state index >= 15 is 0 Å². The normalized spacial score (nSPS) is 22.9. The Hall–Kier alpha value is -3.36. The number of morpholine rings is 1. The van der Waals surface area contributed by atoms with Gasteiger partial charge in [-0.15, -0.1) is 0 Å². The number of nitrogens with zero attached hydrogens (tertiary/aromatic N) is 2. The summed E-state index contributed by atoms with van der Waals surface area (Å²) in [5.41, 5.74) is 2.33. The molecule has 2 atom stereocenters. The molecule has 8 nitrogen and oxygen atoms in total. The molecule has 2 aromatic rings. The smallest absolute Gasteiger partial charge is 0.295 e. The monoisotopic (exact) mass is 520 g/mol. The predicted octanol–water partition coefficient (Wildman–Crippen LogP) is 3.94. The van der Waals surface area contributed by atoms with Gasteiger partial charge in [0, 0.05) is 38.2 Å². The molecule has 3 aliphatic rings. The van der Waals surface area contributed by atoms with Crippen molar-refractivity contribution < 1.29 is 28.9 Å². The van der Waals surface area contributed by atoms with E-state index in [1.54, 1.807) is 11.0 Å². The van der Waals surface area contributed by atoms with Crippen molar-refractivity contribution in [2.75, 3.05) is 46.0 Å². The van der Waals surface area contributed by atoms with E-state index in [9.17, 15) is 14.7 Å². The number of ether oxygens (including phenoxy) is 3. The number of likely N-dealkylation sites (tertiary alicyclic amines) is 1. The predicted molar refractivity (Wildman–Crippen MR) is 143 cm³/mol. The molecule has 0 radical (unpaired) electrons. The van der Waals surface area contributed by atoms with E-state index < -0.39 is 17.7 Å². The van der Waals surface area contributed by atoms with Crippen molar-refractivity contribution in [1.82, 2.24) is 9.80 Å².